The summed E-state index contributed by atoms with van der Waals surface area (Å²) in [5.41, 5.74) is 13.6. The molecule has 2 aromatic rings. The highest BCUT2D eigenvalue weighted by atomic mass is 127. The average Bonchev–Trinajstić information content (AvgIpc) is 2.81. The first-order chi connectivity index (χ1) is 11.6. The van der Waals surface area contributed by atoms with Crippen LogP contribution in [0.25, 0.3) is 0 Å². The van der Waals surface area contributed by atoms with Crippen molar-refractivity contribution in [1.29, 1.82) is 0 Å². The van der Waals surface area contributed by atoms with Crippen LogP contribution in [0, 0.1) is 13.8 Å². The number of benzene rings is 1. The fourth-order valence-corrected chi connectivity index (χ4v) is 3.54. The lowest BCUT2D eigenvalue weighted by molar-refractivity contribution is 0.687. The third-order valence-corrected chi connectivity index (χ3v) is 4.96. The van der Waals surface area contributed by atoms with Crippen LogP contribution in [-0.4, -0.2) is 22.3 Å². The van der Waals surface area contributed by atoms with Crippen LogP contribution >= 0.6 is 24.0 Å². The van der Waals surface area contributed by atoms with Gasteiger partial charge in [-0.3, -0.25) is 9.67 Å². The summed E-state index contributed by atoms with van der Waals surface area (Å²) >= 11 is 0. The van der Waals surface area contributed by atoms with E-state index in [4.69, 9.17) is 5.73 Å². The Bertz CT molecular complexity index is 763. The minimum Gasteiger partial charge on any atom is -0.370 e. The van der Waals surface area contributed by atoms with E-state index in [9.17, 15) is 0 Å². The van der Waals surface area contributed by atoms with Crippen LogP contribution in [-0.2, 0) is 26.3 Å². The van der Waals surface area contributed by atoms with E-state index in [1.54, 1.807) is 0 Å². The van der Waals surface area contributed by atoms with E-state index >= 15 is 0 Å². The Hall–Kier alpha value is -1.57. The second-order valence-corrected chi connectivity index (χ2v) is 6.57. The number of fused-ring (bicyclic) bond motifs is 1. The molecule has 0 fully saturated rings. The Kier molecular flexibility index (Phi) is 6.87. The lowest BCUT2D eigenvalue weighted by Crippen LogP contribution is -2.24. The summed E-state index contributed by atoms with van der Waals surface area (Å²) in [5, 5.41) is 7.74. The van der Waals surface area contributed by atoms with Crippen molar-refractivity contribution in [3.63, 3.8) is 0 Å². The molecule has 1 aromatic carbocycles. The number of aliphatic imine (C=N–C) groups is 1. The lowest BCUT2D eigenvalue weighted by Gasteiger charge is -2.19. The van der Waals surface area contributed by atoms with Crippen molar-refractivity contribution in [2.24, 2.45) is 17.8 Å². The van der Waals surface area contributed by atoms with Crippen LogP contribution < -0.4 is 11.1 Å². The van der Waals surface area contributed by atoms with Crippen molar-refractivity contribution < 1.29 is 0 Å². The first-order valence-corrected chi connectivity index (χ1v) is 8.73. The summed E-state index contributed by atoms with van der Waals surface area (Å²) in [6.07, 6.45) is 5.69. The van der Waals surface area contributed by atoms with Crippen molar-refractivity contribution in [1.82, 2.24) is 9.78 Å². The zero-order valence-electron chi connectivity index (χ0n) is 15.3. The predicted molar refractivity (Wildman–Crippen MR) is 115 cm³/mol. The molecule has 0 spiro atoms. The highest BCUT2D eigenvalue weighted by Gasteiger charge is 2.13. The normalized spacial score (nSPS) is 14.0. The van der Waals surface area contributed by atoms with Crippen LogP contribution in [0.1, 0.15) is 40.9 Å². The number of nitrogens with two attached hydrogens (primary N) is 1. The van der Waals surface area contributed by atoms with E-state index < -0.39 is 0 Å². The standard InChI is InChI=1S/C19H27N5.HI/c1-13-16(14(2)24(3)23-13)11-12-21-19(20)22-18-10-6-8-15-7-4-5-9-17(15)18;/h6,8,10H,4-5,7,9,11-12H2,1-3H3,(H3,20,21,22);1H. The number of guanidine groups is 1. The second kappa shape index (κ2) is 8.69. The predicted octanol–water partition coefficient (Wildman–Crippen LogP) is 3.50. The van der Waals surface area contributed by atoms with Crippen LogP contribution in [0.3, 0.4) is 0 Å². The molecular formula is C19H28IN5. The maximum Gasteiger partial charge on any atom is 0.193 e. The molecule has 0 atom stereocenters. The number of rotatable bonds is 4. The molecule has 0 saturated heterocycles. The van der Waals surface area contributed by atoms with E-state index in [-0.39, 0.29) is 24.0 Å². The summed E-state index contributed by atoms with van der Waals surface area (Å²) in [6.45, 7) is 4.81. The average molecular weight is 453 g/mol. The summed E-state index contributed by atoms with van der Waals surface area (Å²) in [6, 6.07) is 6.42. The molecule has 25 heavy (non-hydrogen) atoms. The molecule has 0 bridgehead atoms. The minimum absolute atomic E-state index is 0. The molecular weight excluding hydrogens is 425 g/mol. The monoisotopic (exact) mass is 453 g/mol. The Balaban J connectivity index is 0.00000225. The van der Waals surface area contributed by atoms with Crippen molar-refractivity contribution in [3.8, 4) is 0 Å². The van der Waals surface area contributed by atoms with Crippen molar-refractivity contribution in [3.05, 3.63) is 46.3 Å². The summed E-state index contributed by atoms with van der Waals surface area (Å²) < 4.78 is 1.92. The number of halogens is 1. The van der Waals surface area contributed by atoms with Gasteiger partial charge in [0.15, 0.2) is 5.96 Å². The minimum atomic E-state index is 0. The smallest absolute Gasteiger partial charge is 0.193 e. The molecule has 3 N–H and O–H groups in total. The van der Waals surface area contributed by atoms with Gasteiger partial charge in [-0.1, -0.05) is 12.1 Å². The molecule has 5 nitrogen and oxygen atoms in total. The number of hydrogen-bond acceptors (Lipinski definition) is 2. The first-order valence-electron chi connectivity index (χ1n) is 8.73. The van der Waals surface area contributed by atoms with Gasteiger partial charge in [0.25, 0.3) is 0 Å². The number of aryl methyl sites for hydroxylation is 3. The molecule has 1 heterocycles. The van der Waals surface area contributed by atoms with Gasteiger partial charge in [0.05, 0.1) is 5.69 Å². The number of aromatic nitrogens is 2. The van der Waals surface area contributed by atoms with E-state index in [2.05, 4.69) is 40.5 Å². The Morgan fingerprint density at radius 1 is 1.28 bits per heavy atom. The van der Waals surface area contributed by atoms with Crippen molar-refractivity contribution >= 4 is 35.6 Å². The van der Waals surface area contributed by atoms with Crippen LogP contribution in [0.15, 0.2) is 23.2 Å². The Morgan fingerprint density at radius 2 is 2.04 bits per heavy atom. The molecule has 0 aliphatic heterocycles. The Labute approximate surface area is 167 Å². The van der Waals surface area contributed by atoms with Gasteiger partial charge in [-0.15, -0.1) is 24.0 Å². The molecule has 136 valence electrons. The molecule has 0 unspecified atom stereocenters. The van der Waals surface area contributed by atoms with Gasteiger partial charge in [0.2, 0.25) is 0 Å². The number of anilines is 1. The third kappa shape index (κ3) is 4.54. The maximum absolute atomic E-state index is 6.10. The van der Waals surface area contributed by atoms with Gasteiger partial charge >= 0.3 is 0 Å². The van der Waals surface area contributed by atoms with Crippen LogP contribution in [0.4, 0.5) is 5.69 Å². The fourth-order valence-electron chi connectivity index (χ4n) is 3.54. The summed E-state index contributed by atoms with van der Waals surface area (Å²) in [5.74, 6) is 0.494. The van der Waals surface area contributed by atoms with E-state index in [1.165, 1.54) is 41.6 Å². The first kappa shape index (κ1) is 19.8. The van der Waals surface area contributed by atoms with Crippen molar-refractivity contribution in [2.75, 3.05) is 11.9 Å². The van der Waals surface area contributed by atoms with E-state index in [1.807, 2.05) is 18.7 Å². The van der Waals surface area contributed by atoms with Gasteiger partial charge in [-0.2, -0.15) is 5.10 Å². The number of nitrogens with one attached hydrogen (secondary N) is 1. The highest BCUT2D eigenvalue weighted by Crippen LogP contribution is 2.27. The third-order valence-electron chi connectivity index (χ3n) is 4.96. The zero-order valence-corrected chi connectivity index (χ0v) is 17.6. The lowest BCUT2D eigenvalue weighted by atomic mass is 9.90. The topological polar surface area (TPSA) is 68.2 Å². The number of hydrogen-bond donors (Lipinski definition) is 2. The van der Waals surface area contributed by atoms with Gasteiger partial charge in [0.1, 0.15) is 0 Å². The summed E-state index contributed by atoms with van der Waals surface area (Å²) in [4.78, 5) is 4.50. The molecule has 0 amide bonds. The molecule has 0 radical (unpaired) electrons. The largest absolute Gasteiger partial charge is 0.370 e. The molecule has 1 aromatic heterocycles. The van der Waals surface area contributed by atoms with Crippen LogP contribution in [0.2, 0.25) is 0 Å². The van der Waals surface area contributed by atoms with Gasteiger partial charge in [-0.05, 0) is 68.7 Å². The highest BCUT2D eigenvalue weighted by molar-refractivity contribution is 14.0. The van der Waals surface area contributed by atoms with Crippen molar-refractivity contribution in [2.45, 2.75) is 46.0 Å². The van der Waals surface area contributed by atoms with Crippen LogP contribution in [0.5, 0.6) is 0 Å². The van der Waals surface area contributed by atoms with Gasteiger partial charge in [0, 0.05) is 25.0 Å². The second-order valence-electron chi connectivity index (χ2n) is 6.57. The zero-order chi connectivity index (χ0) is 17.1. The maximum atomic E-state index is 6.10. The fraction of sp³-hybridized carbons (Fsp3) is 0.474. The molecule has 6 heteroatoms. The molecule has 1 aliphatic rings. The van der Waals surface area contributed by atoms with E-state index in [0.29, 0.717) is 12.5 Å². The number of nitrogens with zero attached hydrogens (tertiary/aromatic N) is 3. The van der Waals surface area contributed by atoms with Gasteiger partial charge in [-0.25, -0.2) is 0 Å². The summed E-state index contributed by atoms with van der Waals surface area (Å²) in [7, 11) is 1.98. The quantitative estimate of drug-likeness (QED) is 0.423. The molecule has 1 aliphatic carbocycles. The van der Waals surface area contributed by atoms with E-state index in [0.717, 1.165) is 24.2 Å². The Morgan fingerprint density at radius 3 is 2.76 bits per heavy atom. The van der Waals surface area contributed by atoms with Gasteiger partial charge < -0.3 is 11.1 Å². The molecule has 3 rings (SSSR count). The SMILES string of the molecule is Cc1nn(C)c(C)c1CCN=C(N)Nc1cccc2c1CCCC2.I. The molecule has 0 saturated carbocycles.